The van der Waals surface area contributed by atoms with Gasteiger partial charge in [-0.25, -0.2) is 14.4 Å². The quantitative estimate of drug-likeness (QED) is 0.0692. The SMILES string of the molecule is COC(=O)CNC[C@@H]1Cc2c(c3ccc(C)cc3c3cc(C)c(OC)cc23)CN1C(=O)OC(C)(C)C.COc1cc2c3c(c4ccc(C)cc4c2cc1C)CN(C(=O)OC(C)(C)C)[C@H](CO)C3.COc1cc2c3c(c4ccc(C)cc4c2cc1C)CN1C(=O)CN(C(=O)OC(C)(C)C)C[C@@H]1C3.COc1cc2c3c(c4ccc(C)cc4c2cc1C)CN1C(=O)CNC[C@@H]1C3. The van der Waals surface area contributed by atoms with Crippen LogP contribution in [-0.2, 0) is 85.2 Å². The van der Waals surface area contributed by atoms with Crippen LogP contribution in [0.15, 0.2) is 121 Å². The van der Waals surface area contributed by atoms with Gasteiger partial charge in [0.1, 0.15) is 46.3 Å². The van der Waals surface area contributed by atoms with Gasteiger partial charge in [0.25, 0.3) is 0 Å². The van der Waals surface area contributed by atoms with E-state index in [1.54, 1.807) is 43.1 Å². The lowest BCUT2D eigenvalue weighted by Gasteiger charge is -2.44. The van der Waals surface area contributed by atoms with E-state index in [9.17, 15) is 33.9 Å². The second-order valence-electron chi connectivity index (χ2n) is 38.6. The summed E-state index contributed by atoms with van der Waals surface area (Å²) in [6, 6.07) is 43.2. The van der Waals surface area contributed by atoms with Gasteiger partial charge < -0.3 is 63.4 Å². The molecule has 3 N–H and O–H groups in total. The molecule has 22 nitrogen and oxygen atoms in total. The van der Waals surface area contributed by atoms with Crippen molar-refractivity contribution in [2.75, 3.05) is 81.4 Å². The van der Waals surface area contributed by atoms with Crippen LogP contribution in [0.3, 0.4) is 0 Å². The maximum absolute atomic E-state index is 13.4. The number of piperazine rings is 2. The van der Waals surface area contributed by atoms with Crippen LogP contribution in [0.5, 0.6) is 23.0 Å². The van der Waals surface area contributed by atoms with Crippen molar-refractivity contribution in [2.45, 2.75) is 211 Å². The first-order valence-electron chi connectivity index (χ1n) is 44.5. The fourth-order valence-corrected chi connectivity index (χ4v) is 19.9. The zero-order chi connectivity index (χ0) is 91.8. The molecule has 2 saturated heterocycles. The average Bonchev–Trinajstić information content (AvgIpc) is 0.743. The van der Waals surface area contributed by atoms with Crippen molar-refractivity contribution in [3.63, 3.8) is 0 Å². The van der Waals surface area contributed by atoms with Gasteiger partial charge in [-0.05, 0) is 345 Å². The molecule has 12 aromatic rings. The molecular weight excluding hydrogens is 1610 g/mol. The number of methoxy groups -OCH3 is 5. The Morgan fingerprint density at radius 1 is 0.383 bits per heavy atom. The molecule has 2 fully saturated rings. The number of esters is 1. The largest absolute Gasteiger partial charge is 0.496 e. The zero-order valence-electron chi connectivity index (χ0n) is 78.4. The van der Waals surface area contributed by atoms with Crippen molar-refractivity contribution < 1.29 is 71.8 Å². The molecule has 18 rings (SSSR count). The van der Waals surface area contributed by atoms with Crippen molar-refractivity contribution in [3.8, 4) is 23.0 Å². The van der Waals surface area contributed by atoms with Gasteiger partial charge in [-0.2, -0.15) is 0 Å². The van der Waals surface area contributed by atoms with E-state index in [0.717, 1.165) is 96.3 Å². The number of hydrogen-bond donors (Lipinski definition) is 3. The summed E-state index contributed by atoms with van der Waals surface area (Å²) >= 11 is 0. The van der Waals surface area contributed by atoms with Crippen LogP contribution in [0.25, 0.3) is 86.2 Å². The van der Waals surface area contributed by atoms with Crippen molar-refractivity contribution in [3.05, 3.63) is 210 Å². The molecule has 6 heterocycles. The van der Waals surface area contributed by atoms with Crippen LogP contribution in [-0.4, -0.2) is 188 Å². The van der Waals surface area contributed by atoms with Gasteiger partial charge >= 0.3 is 24.2 Å². The Balaban J connectivity index is 0.000000132. The lowest BCUT2D eigenvalue weighted by molar-refractivity contribution is -0.141. The van der Waals surface area contributed by atoms with Crippen LogP contribution in [0.1, 0.15) is 151 Å². The summed E-state index contributed by atoms with van der Waals surface area (Å²) in [4.78, 5) is 85.4. The minimum atomic E-state index is -0.616. The Hall–Kier alpha value is -12.0. The molecule has 0 saturated carbocycles. The molecule has 4 atom stereocenters. The first-order chi connectivity index (χ1) is 60.8. The number of nitrogens with zero attached hydrogens (tertiary/aromatic N) is 5. The van der Waals surface area contributed by atoms with E-state index in [4.69, 9.17) is 37.9 Å². The Morgan fingerprint density at radius 2 is 0.711 bits per heavy atom. The van der Waals surface area contributed by atoms with Crippen molar-refractivity contribution in [1.29, 1.82) is 0 Å². The number of carbonyl (C=O) groups is 6. The highest BCUT2D eigenvalue weighted by Gasteiger charge is 2.43. The van der Waals surface area contributed by atoms with Crippen molar-refractivity contribution >= 4 is 122 Å². The number of aliphatic hydroxyl groups excluding tert-OH is 1. The Bertz CT molecular complexity index is 6490. The van der Waals surface area contributed by atoms with Crippen LogP contribution < -0.4 is 29.6 Å². The van der Waals surface area contributed by atoms with Gasteiger partial charge in [0.2, 0.25) is 11.8 Å². The number of ether oxygens (including phenoxy) is 8. The lowest BCUT2D eigenvalue weighted by atomic mass is 9.83. The van der Waals surface area contributed by atoms with Crippen LogP contribution in [0.4, 0.5) is 14.4 Å². The first kappa shape index (κ1) is 90.8. The number of fused-ring (bicyclic) bond motifs is 26. The number of rotatable bonds is 9. The number of amides is 5. The number of aliphatic hydroxyl groups is 1. The number of hydrogen-bond acceptors (Lipinski definition) is 17. The molecule has 672 valence electrons. The molecule has 12 aromatic carbocycles. The molecule has 6 aliphatic rings. The highest BCUT2D eigenvalue weighted by molar-refractivity contribution is 6.16. The third-order valence-corrected chi connectivity index (χ3v) is 25.9. The molecule has 0 aromatic heterocycles. The molecular formula is C106H123N7O15. The Morgan fingerprint density at radius 3 is 1.07 bits per heavy atom. The van der Waals surface area contributed by atoms with Gasteiger partial charge in [0.05, 0.1) is 86.5 Å². The molecule has 0 radical (unpaired) electrons. The summed E-state index contributed by atoms with van der Waals surface area (Å²) in [5, 5.41) is 35.7. The highest BCUT2D eigenvalue weighted by Crippen LogP contribution is 2.47. The summed E-state index contributed by atoms with van der Waals surface area (Å²) in [5.74, 6) is 3.30. The van der Waals surface area contributed by atoms with Gasteiger partial charge in [-0.1, -0.05) is 95.1 Å². The number of aryl methyl sites for hydroxylation is 8. The molecule has 128 heavy (non-hydrogen) atoms. The standard InChI is InChI=1S/C29H36N2O5.C28H32N2O4.C26H31NO4.C23H24N2O2/c1-17-8-9-20-21(10-17)22-11-18(2)26(34-6)13-24(22)23-12-19(14-30-15-27(32)35-7)31(16-25(20)23)28(33)36-29(3,4)5;1-16-7-8-19-20(9-16)21-10-17(2)25(33-6)12-23(21)22-11-18-13-29(27(32)34-28(3,4)5)15-26(31)30(18)14-24(19)22;1-15-7-8-18-19(9-15)20-10-16(2)24(30-6)12-22(20)21-11-17(14-28)27(13-23(18)21)25(29)31-26(3,4)5;1-13-4-5-16-17(6-13)18-7-14(2)22(27-3)9-20(18)19-8-15-10-24-11-23(26)25(15)12-21(16)19/h8-11,13,19,30H,12,14-16H2,1-7H3;7-10,12,18H,11,13-15H2,1-6H3;7-10,12,17,28H,11,13-14H2,1-6H3;4-7,9,15,24H,8,10-12H2,1-3H3/t19-;18-;17-;15-/m0000/s1. The third-order valence-electron chi connectivity index (χ3n) is 25.9. The normalized spacial score (nSPS) is 17.3. The molecule has 5 amide bonds. The summed E-state index contributed by atoms with van der Waals surface area (Å²) < 4.78 is 44.3. The highest BCUT2D eigenvalue weighted by atomic mass is 16.6. The average molecular weight is 1740 g/mol. The van der Waals surface area contributed by atoms with E-state index in [1.807, 2.05) is 67.2 Å². The van der Waals surface area contributed by atoms with Crippen LogP contribution >= 0.6 is 0 Å². The van der Waals surface area contributed by atoms with Gasteiger partial charge in [-0.3, -0.25) is 29.1 Å². The maximum atomic E-state index is 13.4. The molecule has 0 bridgehead atoms. The predicted molar refractivity (Wildman–Crippen MR) is 507 cm³/mol. The van der Waals surface area contributed by atoms with Crippen LogP contribution in [0.2, 0.25) is 0 Å². The fourth-order valence-electron chi connectivity index (χ4n) is 19.9. The van der Waals surface area contributed by atoms with E-state index in [0.29, 0.717) is 65.1 Å². The first-order valence-corrected chi connectivity index (χ1v) is 44.5. The molecule has 0 aliphatic carbocycles. The topological polar surface area (TPSA) is 237 Å². The maximum Gasteiger partial charge on any atom is 0.410 e. The minimum Gasteiger partial charge on any atom is -0.496 e. The van der Waals surface area contributed by atoms with Gasteiger partial charge in [0.15, 0.2) is 0 Å². The molecule has 0 unspecified atom stereocenters. The van der Waals surface area contributed by atoms with Crippen LogP contribution in [0, 0.1) is 55.4 Å². The Labute approximate surface area is 750 Å². The van der Waals surface area contributed by atoms with E-state index >= 15 is 0 Å². The molecule has 22 heteroatoms. The monoisotopic (exact) mass is 1730 g/mol. The van der Waals surface area contributed by atoms with Gasteiger partial charge in [-0.15, -0.1) is 0 Å². The van der Waals surface area contributed by atoms with E-state index < -0.39 is 22.9 Å². The second kappa shape index (κ2) is 35.9. The zero-order valence-corrected chi connectivity index (χ0v) is 78.4. The third kappa shape index (κ3) is 18.2. The predicted octanol–water partition coefficient (Wildman–Crippen LogP) is 18.9. The smallest absolute Gasteiger partial charge is 0.410 e. The van der Waals surface area contributed by atoms with E-state index in [2.05, 4.69) is 192 Å². The van der Waals surface area contributed by atoms with Crippen molar-refractivity contribution in [1.82, 2.24) is 35.1 Å². The number of benzene rings is 12. The fraction of sp³-hybridized carbons (Fsp3) is 0.415. The van der Waals surface area contributed by atoms with Gasteiger partial charge in [0, 0.05) is 38.8 Å². The summed E-state index contributed by atoms with van der Waals surface area (Å²) in [5.41, 5.74) is 17.2. The lowest BCUT2D eigenvalue weighted by Crippen LogP contribution is -2.60. The Kier molecular flexibility index (Phi) is 25.5. The molecule has 0 spiro atoms. The van der Waals surface area contributed by atoms with Crippen molar-refractivity contribution in [2.24, 2.45) is 0 Å². The summed E-state index contributed by atoms with van der Waals surface area (Å²) in [6.45, 7) is 37.7. The van der Waals surface area contributed by atoms with E-state index in [1.165, 1.54) is 122 Å². The summed E-state index contributed by atoms with van der Waals surface area (Å²) in [6.07, 6.45) is 1.58. The second-order valence-corrected chi connectivity index (χ2v) is 38.6. The van der Waals surface area contributed by atoms with E-state index in [-0.39, 0.29) is 73.8 Å². The number of nitrogens with one attached hydrogen (secondary N) is 2. The summed E-state index contributed by atoms with van der Waals surface area (Å²) in [7, 11) is 8.17. The number of carbonyl (C=O) groups excluding carboxylic acids is 6. The minimum absolute atomic E-state index is 0.0328. The molecule has 6 aliphatic heterocycles.